The number of carbonyl (C=O) groups is 1. The number of esters is 1. The molecule has 0 aromatic carbocycles. The Morgan fingerprint density at radius 3 is 1.78 bits per heavy atom. The van der Waals surface area contributed by atoms with E-state index < -0.39 is 0 Å². The van der Waals surface area contributed by atoms with Gasteiger partial charge in [0.1, 0.15) is 5.60 Å². The molecule has 0 aliphatic heterocycles. The minimum absolute atomic E-state index is 0.0642. The Morgan fingerprint density at radius 1 is 1.06 bits per heavy atom. The van der Waals surface area contributed by atoms with Crippen molar-refractivity contribution in [1.82, 2.24) is 0 Å². The molecular formula is C15H23IO2. The van der Waals surface area contributed by atoms with Crippen LogP contribution in [0.5, 0.6) is 0 Å². The van der Waals surface area contributed by atoms with Crippen LogP contribution < -0.4 is 0 Å². The minimum Gasteiger partial charge on any atom is -0.460 e. The van der Waals surface area contributed by atoms with Crippen molar-refractivity contribution in [2.45, 2.75) is 69.3 Å². The molecule has 18 heavy (non-hydrogen) atoms. The highest BCUT2D eigenvalue weighted by Gasteiger charge is 2.83. The highest BCUT2D eigenvalue weighted by Crippen LogP contribution is 2.85. The van der Waals surface area contributed by atoms with Gasteiger partial charge in [-0.3, -0.25) is 4.79 Å². The molecule has 4 aliphatic carbocycles. The van der Waals surface area contributed by atoms with Crippen LogP contribution >= 0.6 is 22.6 Å². The van der Waals surface area contributed by atoms with Gasteiger partial charge in [0.05, 0.1) is 5.41 Å². The van der Waals surface area contributed by atoms with Crippen LogP contribution in [0.25, 0.3) is 0 Å². The fraction of sp³-hybridized carbons (Fsp3) is 0.933. The molecule has 2 nitrogen and oxygen atoms in total. The van der Waals surface area contributed by atoms with Gasteiger partial charge in [0.25, 0.3) is 0 Å². The van der Waals surface area contributed by atoms with Gasteiger partial charge in [-0.1, -0.05) is 36.4 Å². The Labute approximate surface area is 123 Å². The third kappa shape index (κ3) is 1.32. The van der Waals surface area contributed by atoms with Gasteiger partial charge in [0, 0.05) is 3.42 Å². The predicted octanol–water partition coefficient (Wildman–Crippen LogP) is 4.10. The number of ether oxygens (including phenoxy) is 1. The van der Waals surface area contributed by atoms with Gasteiger partial charge in [0.15, 0.2) is 0 Å². The summed E-state index contributed by atoms with van der Waals surface area (Å²) in [7, 11) is 0. The summed E-state index contributed by atoms with van der Waals surface area (Å²) < 4.78 is 5.90. The summed E-state index contributed by atoms with van der Waals surface area (Å²) in [5.74, 6) is 0.0642. The standard InChI is InChI=1S/C15H23IO2/c1-11(2,3)18-10(17)14-6-12(4)8-15(14,16)9-13(12,5)7-14/h6-9H2,1-5H3/t12-,13+,14?,15?. The van der Waals surface area contributed by atoms with Gasteiger partial charge in [-0.15, -0.1) is 0 Å². The smallest absolute Gasteiger partial charge is 0.313 e. The molecule has 0 radical (unpaired) electrons. The van der Waals surface area contributed by atoms with Crippen molar-refractivity contribution in [2.24, 2.45) is 16.2 Å². The molecule has 0 aromatic rings. The summed E-state index contributed by atoms with van der Waals surface area (Å²) >= 11 is 2.58. The second-order valence-corrected chi connectivity index (χ2v) is 10.4. The van der Waals surface area contributed by atoms with Crippen molar-refractivity contribution < 1.29 is 9.53 Å². The molecule has 0 aromatic heterocycles. The van der Waals surface area contributed by atoms with Crippen molar-refractivity contribution in [3.05, 3.63) is 0 Å². The molecular weight excluding hydrogens is 339 g/mol. The average Bonchev–Trinajstić information content (AvgIpc) is 2.58. The van der Waals surface area contributed by atoms with Gasteiger partial charge in [-0.25, -0.2) is 0 Å². The largest absolute Gasteiger partial charge is 0.460 e. The second kappa shape index (κ2) is 3.09. The third-order valence-electron chi connectivity index (χ3n) is 5.83. The maximum atomic E-state index is 12.7. The number of halogens is 1. The Kier molecular flexibility index (Phi) is 2.27. The van der Waals surface area contributed by atoms with E-state index in [1.807, 2.05) is 20.8 Å². The molecule has 3 heteroatoms. The van der Waals surface area contributed by atoms with Crippen LogP contribution in [0.4, 0.5) is 0 Å². The molecule has 102 valence electrons. The fourth-order valence-corrected chi connectivity index (χ4v) is 7.32. The lowest BCUT2D eigenvalue weighted by atomic mass is 9.71. The van der Waals surface area contributed by atoms with Crippen LogP contribution in [-0.4, -0.2) is 15.0 Å². The lowest BCUT2D eigenvalue weighted by Crippen LogP contribution is -2.44. The zero-order chi connectivity index (χ0) is 13.6. The maximum absolute atomic E-state index is 12.7. The molecule has 4 rings (SSSR count). The van der Waals surface area contributed by atoms with Crippen LogP contribution in [0.2, 0.25) is 0 Å². The Bertz CT molecular complexity index is 416. The van der Waals surface area contributed by atoms with Crippen molar-refractivity contribution in [1.29, 1.82) is 0 Å². The van der Waals surface area contributed by atoms with E-state index in [1.54, 1.807) is 0 Å². The topological polar surface area (TPSA) is 26.3 Å². The van der Waals surface area contributed by atoms with E-state index in [2.05, 4.69) is 36.4 Å². The Hall–Kier alpha value is 0.200. The SMILES string of the molecule is CC(C)(C)OC(=O)C12C[C@]3(C)CC1(I)C[C@]3(C)C2. The lowest BCUT2D eigenvalue weighted by Gasteiger charge is -2.36. The van der Waals surface area contributed by atoms with E-state index in [0.29, 0.717) is 10.8 Å². The molecule has 0 spiro atoms. The minimum atomic E-state index is -0.369. The zero-order valence-electron chi connectivity index (χ0n) is 12.0. The third-order valence-corrected chi connectivity index (χ3v) is 7.62. The summed E-state index contributed by atoms with van der Waals surface area (Å²) in [6.07, 6.45) is 4.45. The lowest BCUT2D eigenvalue weighted by molar-refractivity contribution is -0.167. The van der Waals surface area contributed by atoms with E-state index in [-0.39, 0.29) is 20.4 Å². The molecule has 4 fully saturated rings. The molecule has 2 unspecified atom stereocenters. The second-order valence-electron chi connectivity index (χ2n) is 8.38. The molecule has 4 saturated carbocycles. The first kappa shape index (κ1) is 13.2. The van der Waals surface area contributed by atoms with E-state index >= 15 is 0 Å². The summed E-state index contributed by atoms with van der Waals surface area (Å²) in [5.41, 5.74) is 0.131. The van der Waals surface area contributed by atoms with E-state index in [0.717, 1.165) is 12.8 Å². The zero-order valence-corrected chi connectivity index (χ0v) is 14.2. The first-order valence-electron chi connectivity index (χ1n) is 6.88. The Morgan fingerprint density at radius 2 is 1.50 bits per heavy atom. The predicted molar refractivity (Wildman–Crippen MR) is 79.7 cm³/mol. The average molecular weight is 362 g/mol. The number of hydrogen-bond acceptors (Lipinski definition) is 2. The number of rotatable bonds is 1. The summed E-state index contributed by atoms with van der Waals surface area (Å²) in [5, 5.41) is 0. The van der Waals surface area contributed by atoms with Crippen LogP contribution in [0.1, 0.15) is 60.3 Å². The van der Waals surface area contributed by atoms with Gasteiger partial charge in [-0.2, -0.15) is 0 Å². The van der Waals surface area contributed by atoms with Gasteiger partial charge >= 0.3 is 5.97 Å². The number of hydrogen-bond donors (Lipinski definition) is 0. The van der Waals surface area contributed by atoms with Crippen molar-refractivity contribution in [3.63, 3.8) is 0 Å². The highest BCUT2D eigenvalue weighted by atomic mass is 127. The number of alkyl halides is 1. The normalized spacial score (nSPS) is 53.2. The van der Waals surface area contributed by atoms with Crippen molar-refractivity contribution in [2.75, 3.05) is 0 Å². The van der Waals surface area contributed by atoms with Gasteiger partial charge in [0.2, 0.25) is 0 Å². The quantitative estimate of drug-likeness (QED) is 0.399. The molecule has 4 atom stereocenters. The first-order chi connectivity index (χ1) is 7.96. The first-order valence-corrected chi connectivity index (χ1v) is 7.96. The van der Waals surface area contributed by atoms with E-state index in [1.165, 1.54) is 12.8 Å². The molecule has 4 bridgehead atoms. The van der Waals surface area contributed by atoms with Gasteiger partial charge in [-0.05, 0) is 57.3 Å². The van der Waals surface area contributed by atoms with Crippen LogP contribution in [0.15, 0.2) is 0 Å². The summed E-state index contributed by atoms with van der Waals surface area (Å²) in [6.45, 7) is 10.7. The van der Waals surface area contributed by atoms with Crippen molar-refractivity contribution >= 4 is 28.6 Å². The molecule has 4 aliphatic rings. The van der Waals surface area contributed by atoms with Gasteiger partial charge < -0.3 is 4.74 Å². The van der Waals surface area contributed by atoms with Crippen LogP contribution in [-0.2, 0) is 9.53 Å². The molecule has 0 saturated heterocycles. The maximum Gasteiger partial charge on any atom is 0.313 e. The number of carbonyl (C=O) groups excluding carboxylic acids is 1. The van der Waals surface area contributed by atoms with E-state index in [9.17, 15) is 4.79 Å². The summed E-state index contributed by atoms with van der Waals surface area (Å²) in [4.78, 5) is 12.7. The molecule has 0 heterocycles. The highest BCUT2D eigenvalue weighted by molar-refractivity contribution is 14.1. The van der Waals surface area contributed by atoms with Crippen molar-refractivity contribution in [3.8, 4) is 0 Å². The Balaban J connectivity index is 1.97. The molecule has 0 amide bonds. The fourth-order valence-electron chi connectivity index (χ4n) is 5.03. The summed E-state index contributed by atoms with van der Waals surface area (Å²) in [6, 6.07) is 0. The van der Waals surface area contributed by atoms with Crippen LogP contribution in [0.3, 0.4) is 0 Å². The monoisotopic (exact) mass is 362 g/mol. The molecule has 0 N–H and O–H groups in total. The van der Waals surface area contributed by atoms with E-state index in [4.69, 9.17) is 4.74 Å². The van der Waals surface area contributed by atoms with Crippen LogP contribution in [0, 0.1) is 16.2 Å².